The van der Waals surface area contributed by atoms with Crippen LogP contribution in [-0.2, 0) is 11.3 Å². The summed E-state index contributed by atoms with van der Waals surface area (Å²) in [5, 5.41) is 5.09. The molecule has 1 unspecified atom stereocenters. The standard InChI is InChI=1S/C21H22N4O2S/c26-21(20-5-1-2-11-25(20)13-17-14-28-15-23-17)24-16-6-8-18(9-7-16)27-19-4-3-10-22-12-19/h3-4,6-10,12,14-15,20H,1-2,5,11,13H2,(H,24,26). The summed E-state index contributed by atoms with van der Waals surface area (Å²) in [6.45, 7) is 1.65. The quantitative estimate of drug-likeness (QED) is 0.674. The van der Waals surface area contributed by atoms with E-state index in [4.69, 9.17) is 4.74 Å². The molecule has 7 heteroatoms. The number of hydrogen-bond donors (Lipinski definition) is 1. The van der Waals surface area contributed by atoms with Crippen molar-refractivity contribution in [2.24, 2.45) is 0 Å². The van der Waals surface area contributed by atoms with Gasteiger partial charge in [0.1, 0.15) is 11.5 Å². The summed E-state index contributed by atoms with van der Waals surface area (Å²) in [5.41, 5.74) is 3.63. The van der Waals surface area contributed by atoms with Crippen molar-refractivity contribution in [2.75, 3.05) is 11.9 Å². The summed E-state index contributed by atoms with van der Waals surface area (Å²) in [6.07, 6.45) is 6.43. The van der Waals surface area contributed by atoms with Crippen LogP contribution < -0.4 is 10.1 Å². The average molecular weight is 395 g/mol. The van der Waals surface area contributed by atoms with Gasteiger partial charge in [-0.25, -0.2) is 4.98 Å². The minimum atomic E-state index is -0.123. The highest BCUT2D eigenvalue weighted by Crippen LogP contribution is 2.24. The highest BCUT2D eigenvalue weighted by atomic mass is 32.1. The van der Waals surface area contributed by atoms with E-state index < -0.39 is 0 Å². The number of hydrogen-bond acceptors (Lipinski definition) is 6. The number of anilines is 1. The first-order valence-electron chi connectivity index (χ1n) is 9.38. The third-order valence-corrected chi connectivity index (χ3v) is 5.39. The van der Waals surface area contributed by atoms with Gasteiger partial charge in [0, 0.05) is 23.8 Å². The number of aromatic nitrogens is 2. The molecule has 0 radical (unpaired) electrons. The minimum Gasteiger partial charge on any atom is -0.456 e. The molecule has 0 spiro atoms. The molecule has 3 aromatic rings. The number of benzene rings is 1. The van der Waals surface area contributed by atoms with E-state index in [0.29, 0.717) is 11.5 Å². The molecule has 1 N–H and O–H groups in total. The summed E-state index contributed by atoms with van der Waals surface area (Å²) in [5.74, 6) is 1.42. The Hall–Kier alpha value is -2.77. The number of nitrogens with zero attached hydrogens (tertiary/aromatic N) is 3. The number of amides is 1. The Morgan fingerprint density at radius 3 is 2.86 bits per heavy atom. The normalized spacial score (nSPS) is 17.2. The maximum absolute atomic E-state index is 12.9. The number of carbonyl (C=O) groups excluding carboxylic acids is 1. The molecule has 1 amide bonds. The van der Waals surface area contributed by atoms with Crippen molar-refractivity contribution >= 4 is 22.9 Å². The maximum atomic E-state index is 12.9. The number of likely N-dealkylation sites (tertiary alicyclic amines) is 1. The molecule has 1 atom stereocenters. The number of rotatable bonds is 6. The van der Waals surface area contributed by atoms with E-state index in [1.165, 1.54) is 0 Å². The van der Waals surface area contributed by atoms with Gasteiger partial charge in [-0.3, -0.25) is 14.7 Å². The van der Waals surface area contributed by atoms with Gasteiger partial charge in [-0.1, -0.05) is 6.42 Å². The van der Waals surface area contributed by atoms with Gasteiger partial charge in [0.05, 0.1) is 23.4 Å². The van der Waals surface area contributed by atoms with Crippen LogP contribution in [0, 0.1) is 0 Å². The second-order valence-electron chi connectivity index (χ2n) is 6.77. The van der Waals surface area contributed by atoms with Crippen molar-refractivity contribution in [3.05, 3.63) is 65.4 Å². The van der Waals surface area contributed by atoms with Crippen molar-refractivity contribution < 1.29 is 9.53 Å². The molecule has 0 aliphatic carbocycles. The van der Waals surface area contributed by atoms with Crippen molar-refractivity contribution in [3.8, 4) is 11.5 Å². The highest BCUT2D eigenvalue weighted by Gasteiger charge is 2.29. The predicted molar refractivity (Wildman–Crippen MR) is 110 cm³/mol. The largest absolute Gasteiger partial charge is 0.456 e. The first-order chi connectivity index (χ1) is 13.8. The highest BCUT2D eigenvalue weighted by molar-refractivity contribution is 7.07. The second kappa shape index (κ2) is 8.95. The molecular weight excluding hydrogens is 372 g/mol. The van der Waals surface area contributed by atoms with Gasteiger partial charge in [0.15, 0.2) is 0 Å². The first kappa shape index (κ1) is 18.6. The molecule has 0 saturated carbocycles. The molecule has 3 heterocycles. The number of nitrogens with one attached hydrogen (secondary N) is 1. The van der Waals surface area contributed by atoms with Gasteiger partial charge in [0.2, 0.25) is 5.91 Å². The Balaban J connectivity index is 1.37. The molecule has 28 heavy (non-hydrogen) atoms. The van der Waals surface area contributed by atoms with Crippen LogP contribution in [0.2, 0.25) is 0 Å². The lowest BCUT2D eigenvalue weighted by Gasteiger charge is -2.34. The summed E-state index contributed by atoms with van der Waals surface area (Å²) >= 11 is 1.59. The lowest BCUT2D eigenvalue weighted by molar-refractivity contribution is -0.122. The fraction of sp³-hybridized carbons (Fsp3) is 0.286. The first-order valence-corrected chi connectivity index (χ1v) is 10.3. The van der Waals surface area contributed by atoms with E-state index in [-0.39, 0.29) is 11.9 Å². The van der Waals surface area contributed by atoms with E-state index >= 15 is 0 Å². The molecule has 1 saturated heterocycles. The van der Waals surface area contributed by atoms with Gasteiger partial charge >= 0.3 is 0 Å². The predicted octanol–water partition coefficient (Wildman–Crippen LogP) is 4.32. The van der Waals surface area contributed by atoms with Crippen molar-refractivity contribution in [3.63, 3.8) is 0 Å². The average Bonchev–Trinajstić information content (AvgIpc) is 3.24. The van der Waals surface area contributed by atoms with E-state index in [2.05, 4.69) is 20.2 Å². The van der Waals surface area contributed by atoms with Crippen LogP contribution in [0.5, 0.6) is 11.5 Å². The Labute approximate surface area is 168 Å². The number of thiazole rings is 1. The molecular formula is C21H22N4O2S. The third kappa shape index (κ3) is 4.74. The summed E-state index contributed by atoms with van der Waals surface area (Å²) in [7, 11) is 0. The van der Waals surface area contributed by atoms with Gasteiger partial charge < -0.3 is 10.1 Å². The summed E-state index contributed by atoms with van der Waals surface area (Å²) in [6, 6.07) is 11.0. The zero-order chi connectivity index (χ0) is 19.2. The Bertz CT molecular complexity index is 885. The monoisotopic (exact) mass is 394 g/mol. The minimum absolute atomic E-state index is 0.0378. The fourth-order valence-corrected chi connectivity index (χ4v) is 3.93. The van der Waals surface area contributed by atoms with E-state index in [1.54, 1.807) is 23.7 Å². The number of piperidine rings is 1. The van der Waals surface area contributed by atoms with Gasteiger partial charge in [0.25, 0.3) is 0 Å². The molecule has 144 valence electrons. The molecule has 1 fully saturated rings. The topological polar surface area (TPSA) is 67.3 Å². The Kier molecular flexibility index (Phi) is 5.94. The fourth-order valence-electron chi connectivity index (χ4n) is 3.38. The molecule has 1 aliphatic rings. The van der Waals surface area contributed by atoms with Crippen molar-refractivity contribution in [1.29, 1.82) is 0 Å². The molecule has 2 aromatic heterocycles. The lowest BCUT2D eigenvalue weighted by Crippen LogP contribution is -2.46. The van der Waals surface area contributed by atoms with Gasteiger partial charge in [-0.05, 0) is 55.8 Å². The molecule has 0 bridgehead atoms. The van der Waals surface area contributed by atoms with Crippen LogP contribution in [0.1, 0.15) is 25.0 Å². The van der Waals surface area contributed by atoms with E-state index in [0.717, 1.165) is 43.7 Å². The second-order valence-corrected chi connectivity index (χ2v) is 7.48. The summed E-state index contributed by atoms with van der Waals surface area (Å²) in [4.78, 5) is 23.5. The molecule has 1 aliphatic heterocycles. The third-order valence-electron chi connectivity index (χ3n) is 4.76. The Morgan fingerprint density at radius 2 is 2.11 bits per heavy atom. The van der Waals surface area contributed by atoms with Crippen LogP contribution in [0.15, 0.2) is 59.7 Å². The Morgan fingerprint density at radius 1 is 1.21 bits per heavy atom. The zero-order valence-electron chi connectivity index (χ0n) is 15.5. The van der Waals surface area contributed by atoms with Crippen LogP contribution in [0.25, 0.3) is 0 Å². The van der Waals surface area contributed by atoms with Gasteiger partial charge in [-0.2, -0.15) is 0 Å². The lowest BCUT2D eigenvalue weighted by atomic mass is 10.0. The van der Waals surface area contributed by atoms with Crippen LogP contribution >= 0.6 is 11.3 Å². The van der Waals surface area contributed by atoms with Crippen LogP contribution in [-0.4, -0.2) is 33.4 Å². The number of pyridine rings is 1. The van der Waals surface area contributed by atoms with Crippen LogP contribution in [0.4, 0.5) is 5.69 Å². The smallest absolute Gasteiger partial charge is 0.241 e. The summed E-state index contributed by atoms with van der Waals surface area (Å²) < 4.78 is 5.74. The molecule has 1 aromatic carbocycles. The SMILES string of the molecule is O=C(Nc1ccc(Oc2cccnc2)cc1)C1CCCCN1Cc1cscn1. The van der Waals surface area contributed by atoms with Crippen molar-refractivity contribution in [2.45, 2.75) is 31.8 Å². The van der Waals surface area contributed by atoms with E-state index in [1.807, 2.05) is 47.3 Å². The van der Waals surface area contributed by atoms with Crippen molar-refractivity contribution in [1.82, 2.24) is 14.9 Å². The van der Waals surface area contributed by atoms with Crippen LogP contribution in [0.3, 0.4) is 0 Å². The maximum Gasteiger partial charge on any atom is 0.241 e. The molecule has 4 rings (SSSR count). The number of ether oxygens (including phenoxy) is 1. The molecule has 6 nitrogen and oxygen atoms in total. The number of carbonyl (C=O) groups is 1. The van der Waals surface area contributed by atoms with Gasteiger partial charge in [-0.15, -0.1) is 11.3 Å². The van der Waals surface area contributed by atoms with E-state index in [9.17, 15) is 4.79 Å². The zero-order valence-corrected chi connectivity index (χ0v) is 16.3.